The second kappa shape index (κ2) is 7.04. The highest BCUT2D eigenvalue weighted by Gasteiger charge is 2.17. The molecule has 1 unspecified atom stereocenters. The van der Waals surface area contributed by atoms with Gasteiger partial charge < -0.3 is 5.32 Å². The molecule has 0 amide bonds. The minimum Gasteiger partial charge on any atom is -0.384 e. The normalized spacial score (nSPS) is 17.6. The molecule has 0 aliphatic carbocycles. The number of fused-ring (bicyclic) bond motifs is 1. The van der Waals surface area contributed by atoms with Crippen LogP contribution in [0, 0.1) is 5.92 Å². The van der Waals surface area contributed by atoms with Crippen LogP contribution in [0.15, 0.2) is 29.6 Å². The predicted octanol–water partition coefficient (Wildman–Crippen LogP) is 5.69. The Hall–Kier alpha value is -0.410. The summed E-state index contributed by atoms with van der Waals surface area (Å²) in [5.74, 6) is 0.623. The highest BCUT2D eigenvalue weighted by molar-refractivity contribution is 7.10. The summed E-state index contributed by atoms with van der Waals surface area (Å²) >= 11 is 14.0. The quantitative estimate of drug-likeness (QED) is 0.734. The Balaban J connectivity index is 0.00000147. The van der Waals surface area contributed by atoms with Crippen molar-refractivity contribution >= 4 is 52.6 Å². The lowest BCUT2D eigenvalue weighted by Crippen LogP contribution is -2.15. The topological polar surface area (TPSA) is 12.0 Å². The number of rotatable bonds is 2. The largest absolute Gasteiger partial charge is 0.384 e. The second-order valence-corrected chi connectivity index (χ2v) is 6.83. The number of aryl methyl sites for hydroxylation is 1. The van der Waals surface area contributed by atoms with Crippen molar-refractivity contribution in [1.82, 2.24) is 0 Å². The number of halogens is 3. The van der Waals surface area contributed by atoms with Crippen molar-refractivity contribution in [2.24, 2.45) is 5.92 Å². The Morgan fingerprint density at radius 3 is 2.90 bits per heavy atom. The molecule has 0 saturated carbocycles. The van der Waals surface area contributed by atoms with Gasteiger partial charge in [0.15, 0.2) is 0 Å². The highest BCUT2D eigenvalue weighted by Crippen LogP contribution is 2.31. The van der Waals surface area contributed by atoms with Crippen LogP contribution in [-0.2, 0) is 12.8 Å². The average molecular weight is 349 g/mol. The van der Waals surface area contributed by atoms with Crippen molar-refractivity contribution in [3.63, 3.8) is 0 Å². The fourth-order valence-electron chi connectivity index (χ4n) is 2.56. The Labute approximate surface area is 139 Å². The third-order valence-corrected chi connectivity index (χ3v) is 5.20. The first-order valence-corrected chi connectivity index (χ1v) is 8.10. The first kappa shape index (κ1) is 16.0. The number of thiophene rings is 1. The van der Waals surface area contributed by atoms with Crippen LogP contribution in [0.2, 0.25) is 10.0 Å². The smallest absolute Gasteiger partial charge is 0.0481 e. The summed E-state index contributed by atoms with van der Waals surface area (Å²) in [6, 6.07) is 7.98. The molecule has 1 atom stereocenters. The van der Waals surface area contributed by atoms with Crippen LogP contribution in [0.25, 0.3) is 0 Å². The first-order chi connectivity index (χ1) is 9.22. The standard InChI is InChI=1S/C15H15Cl2NS.ClH/c16-12-3-2-11(13(17)8-12)7-10-1-4-15-14(18-9-10)5-6-19-15;/h2-3,5-6,8,10,18H,1,4,7,9H2;1H. The van der Waals surface area contributed by atoms with E-state index < -0.39 is 0 Å². The van der Waals surface area contributed by atoms with E-state index in [1.807, 2.05) is 29.5 Å². The van der Waals surface area contributed by atoms with E-state index in [2.05, 4.69) is 16.8 Å². The Morgan fingerprint density at radius 1 is 1.25 bits per heavy atom. The van der Waals surface area contributed by atoms with Gasteiger partial charge in [-0.3, -0.25) is 0 Å². The third kappa shape index (κ3) is 3.62. The van der Waals surface area contributed by atoms with Gasteiger partial charge in [-0.2, -0.15) is 0 Å². The van der Waals surface area contributed by atoms with Crippen molar-refractivity contribution in [2.45, 2.75) is 19.3 Å². The lowest BCUT2D eigenvalue weighted by atomic mass is 9.95. The van der Waals surface area contributed by atoms with Gasteiger partial charge >= 0.3 is 0 Å². The van der Waals surface area contributed by atoms with E-state index in [1.54, 1.807) is 0 Å². The van der Waals surface area contributed by atoms with E-state index in [1.165, 1.54) is 22.5 Å². The number of nitrogens with one attached hydrogen (secondary N) is 1. The number of benzene rings is 1. The molecular formula is C15H16Cl3NS. The van der Waals surface area contributed by atoms with E-state index in [0.29, 0.717) is 10.9 Å². The van der Waals surface area contributed by atoms with Crippen LogP contribution in [0.4, 0.5) is 5.69 Å². The van der Waals surface area contributed by atoms with E-state index in [0.717, 1.165) is 24.4 Å². The molecule has 1 nitrogen and oxygen atoms in total. The van der Waals surface area contributed by atoms with Gasteiger partial charge in [0, 0.05) is 27.2 Å². The summed E-state index contributed by atoms with van der Waals surface area (Å²) in [6.45, 7) is 1.02. The predicted molar refractivity (Wildman–Crippen MR) is 92.0 cm³/mol. The molecule has 0 radical (unpaired) electrons. The fourth-order valence-corrected chi connectivity index (χ4v) is 3.91. The molecule has 5 heteroatoms. The molecule has 1 aliphatic rings. The first-order valence-electron chi connectivity index (χ1n) is 6.46. The summed E-state index contributed by atoms with van der Waals surface area (Å²) in [5.41, 5.74) is 2.51. The zero-order valence-corrected chi connectivity index (χ0v) is 14.0. The van der Waals surface area contributed by atoms with Crippen LogP contribution in [-0.4, -0.2) is 6.54 Å². The Kier molecular flexibility index (Phi) is 5.62. The zero-order valence-electron chi connectivity index (χ0n) is 10.9. The van der Waals surface area contributed by atoms with Crippen molar-refractivity contribution < 1.29 is 0 Å². The maximum Gasteiger partial charge on any atom is 0.0481 e. The molecule has 1 aliphatic heterocycles. The summed E-state index contributed by atoms with van der Waals surface area (Å²) in [4.78, 5) is 1.48. The van der Waals surface area contributed by atoms with Gasteiger partial charge in [0.05, 0.1) is 0 Å². The van der Waals surface area contributed by atoms with Gasteiger partial charge in [0.1, 0.15) is 0 Å². The molecule has 0 spiro atoms. The highest BCUT2D eigenvalue weighted by atomic mass is 35.5. The molecule has 3 rings (SSSR count). The Bertz CT molecular complexity index is 560. The van der Waals surface area contributed by atoms with E-state index in [4.69, 9.17) is 23.2 Å². The van der Waals surface area contributed by atoms with Crippen molar-refractivity contribution in [3.05, 3.63) is 50.1 Å². The molecule has 1 aromatic carbocycles. The number of hydrogen-bond acceptors (Lipinski definition) is 2. The average Bonchev–Trinajstić information content (AvgIpc) is 2.75. The molecule has 1 aromatic heterocycles. The van der Waals surface area contributed by atoms with Gasteiger partial charge in [-0.15, -0.1) is 23.7 Å². The third-order valence-electron chi connectivity index (χ3n) is 3.63. The lowest BCUT2D eigenvalue weighted by Gasteiger charge is -2.15. The van der Waals surface area contributed by atoms with Gasteiger partial charge in [0.2, 0.25) is 0 Å². The van der Waals surface area contributed by atoms with Crippen LogP contribution in [0.5, 0.6) is 0 Å². The van der Waals surface area contributed by atoms with Crippen LogP contribution in [0.1, 0.15) is 16.9 Å². The monoisotopic (exact) mass is 347 g/mol. The molecule has 1 N–H and O–H groups in total. The lowest BCUT2D eigenvalue weighted by molar-refractivity contribution is 0.518. The minimum atomic E-state index is 0. The summed E-state index contributed by atoms with van der Waals surface area (Å²) in [5, 5.41) is 7.20. The van der Waals surface area contributed by atoms with Crippen LogP contribution < -0.4 is 5.32 Å². The maximum absolute atomic E-state index is 6.25. The molecule has 20 heavy (non-hydrogen) atoms. The van der Waals surface area contributed by atoms with Crippen LogP contribution in [0.3, 0.4) is 0 Å². The summed E-state index contributed by atoms with van der Waals surface area (Å²) in [6.07, 6.45) is 3.38. The molecule has 108 valence electrons. The summed E-state index contributed by atoms with van der Waals surface area (Å²) < 4.78 is 0. The minimum absolute atomic E-state index is 0. The Morgan fingerprint density at radius 2 is 2.10 bits per heavy atom. The van der Waals surface area contributed by atoms with Gasteiger partial charge in [0.25, 0.3) is 0 Å². The second-order valence-electron chi connectivity index (χ2n) is 4.98. The summed E-state index contributed by atoms with van der Waals surface area (Å²) in [7, 11) is 0. The van der Waals surface area contributed by atoms with Crippen molar-refractivity contribution in [3.8, 4) is 0 Å². The van der Waals surface area contributed by atoms with Crippen molar-refractivity contribution in [2.75, 3.05) is 11.9 Å². The molecule has 0 bridgehead atoms. The van der Waals surface area contributed by atoms with E-state index in [-0.39, 0.29) is 12.4 Å². The van der Waals surface area contributed by atoms with Gasteiger partial charge in [-0.25, -0.2) is 0 Å². The van der Waals surface area contributed by atoms with E-state index in [9.17, 15) is 0 Å². The number of anilines is 1. The molecule has 2 aromatic rings. The van der Waals surface area contributed by atoms with Gasteiger partial charge in [-0.1, -0.05) is 29.3 Å². The number of hydrogen-bond donors (Lipinski definition) is 1. The van der Waals surface area contributed by atoms with Crippen LogP contribution >= 0.6 is 46.9 Å². The molecular weight excluding hydrogens is 333 g/mol. The maximum atomic E-state index is 6.25. The molecule has 0 fully saturated rings. The zero-order chi connectivity index (χ0) is 13.2. The fraction of sp³-hybridized carbons (Fsp3) is 0.333. The molecule has 0 saturated heterocycles. The van der Waals surface area contributed by atoms with Gasteiger partial charge in [-0.05, 0) is 54.3 Å². The van der Waals surface area contributed by atoms with Crippen molar-refractivity contribution in [1.29, 1.82) is 0 Å². The molecule has 2 heterocycles. The SMILES string of the molecule is Cl.Clc1ccc(CC2CCc3sccc3NC2)c(Cl)c1. The van der Waals surface area contributed by atoms with E-state index >= 15 is 0 Å².